The van der Waals surface area contributed by atoms with E-state index in [-0.39, 0.29) is 5.56 Å². The number of halogens is 1. The van der Waals surface area contributed by atoms with Gasteiger partial charge >= 0.3 is 0 Å². The Kier molecular flexibility index (Phi) is 5.48. The number of methoxy groups -OCH3 is 1. The second-order valence-corrected chi connectivity index (χ2v) is 8.40. The Hall–Kier alpha value is -3.84. The third-order valence-corrected chi connectivity index (χ3v) is 6.32. The summed E-state index contributed by atoms with van der Waals surface area (Å²) in [5.41, 5.74) is 2.35. The Bertz CT molecular complexity index is 1410. The maximum atomic E-state index is 12.8. The number of aromatic amines is 1. The molecule has 3 aromatic carbocycles. The van der Waals surface area contributed by atoms with Crippen LogP contribution in [0.3, 0.4) is 0 Å². The third-order valence-electron chi connectivity index (χ3n) is 5.72. The van der Waals surface area contributed by atoms with Crippen LogP contribution in [0.2, 0.25) is 0 Å². The quantitative estimate of drug-likeness (QED) is 0.314. The second-order valence-electron chi connectivity index (χ2n) is 7.59. The van der Waals surface area contributed by atoms with Crippen LogP contribution in [0, 0.1) is 0 Å². The van der Waals surface area contributed by atoms with Gasteiger partial charge in [-0.1, -0.05) is 72.8 Å². The van der Waals surface area contributed by atoms with Crippen LogP contribution in [0.5, 0.6) is 5.75 Å². The number of fused-ring (bicyclic) bond motifs is 1. The molecule has 0 unspecified atom stereocenters. The molecule has 0 fully saturated rings. The SMILES string of the molecule is COc1ccc(C(Nc2nn3c(Br)ccc3c(=O)[nH]2)(c2ccccc2)c2ccccc2)cc1. The molecule has 0 saturated heterocycles. The molecule has 0 aliphatic rings. The minimum atomic E-state index is -0.835. The predicted molar refractivity (Wildman–Crippen MR) is 133 cm³/mol. The summed E-state index contributed by atoms with van der Waals surface area (Å²) in [5.74, 6) is 1.10. The number of hydrogen-bond acceptors (Lipinski definition) is 4. The Morgan fingerprint density at radius 2 is 1.42 bits per heavy atom. The molecule has 0 spiro atoms. The maximum Gasteiger partial charge on any atom is 0.276 e. The normalized spacial score (nSPS) is 11.5. The number of benzene rings is 3. The Balaban J connectivity index is 1.79. The molecule has 0 aliphatic heterocycles. The van der Waals surface area contributed by atoms with E-state index in [1.54, 1.807) is 23.8 Å². The summed E-state index contributed by atoms with van der Waals surface area (Å²) in [6.45, 7) is 0. The van der Waals surface area contributed by atoms with Crippen molar-refractivity contribution >= 4 is 27.4 Å². The van der Waals surface area contributed by atoms with Crippen molar-refractivity contribution in [1.29, 1.82) is 0 Å². The van der Waals surface area contributed by atoms with E-state index in [0.29, 0.717) is 16.1 Å². The fraction of sp³-hybridized carbons (Fsp3) is 0.0769. The van der Waals surface area contributed by atoms with Gasteiger partial charge < -0.3 is 10.1 Å². The Morgan fingerprint density at radius 3 is 2.00 bits per heavy atom. The molecule has 0 amide bonds. The fourth-order valence-corrected chi connectivity index (χ4v) is 4.54. The molecule has 5 rings (SSSR count). The van der Waals surface area contributed by atoms with E-state index in [1.807, 2.05) is 60.7 Å². The standard InChI is InChI=1S/C26H21BrN4O2/c1-33-21-14-12-20(13-15-21)26(18-8-4-2-5-9-18,19-10-6-3-7-11-19)29-25-28-24(32)22-16-17-23(27)31(22)30-25/h2-17H,1H3,(H2,28,29,30,32). The fourth-order valence-electron chi connectivity index (χ4n) is 4.14. The highest BCUT2D eigenvalue weighted by Crippen LogP contribution is 2.39. The summed E-state index contributed by atoms with van der Waals surface area (Å²) in [7, 11) is 1.65. The molecule has 7 heteroatoms. The highest BCUT2D eigenvalue weighted by molar-refractivity contribution is 9.10. The zero-order valence-corrected chi connectivity index (χ0v) is 19.4. The first-order valence-corrected chi connectivity index (χ1v) is 11.2. The van der Waals surface area contributed by atoms with Gasteiger partial charge in [0.05, 0.1) is 7.11 Å². The number of ether oxygens (including phenoxy) is 1. The summed E-state index contributed by atoms with van der Waals surface area (Å²) >= 11 is 3.47. The van der Waals surface area contributed by atoms with Gasteiger partial charge in [0.2, 0.25) is 5.95 Å². The highest BCUT2D eigenvalue weighted by Gasteiger charge is 2.37. The minimum Gasteiger partial charge on any atom is -0.497 e. The van der Waals surface area contributed by atoms with Crippen molar-refractivity contribution in [3.63, 3.8) is 0 Å². The van der Waals surface area contributed by atoms with Crippen LogP contribution in [0.25, 0.3) is 5.52 Å². The van der Waals surface area contributed by atoms with Crippen molar-refractivity contribution in [3.8, 4) is 5.75 Å². The van der Waals surface area contributed by atoms with E-state index in [4.69, 9.17) is 4.74 Å². The second kappa shape index (κ2) is 8.60. The van der Waals surface area contributed by atoms with Crippen LogP contribution in [0.1, 0.15) is 16.7 Å². The zero-order chi connectivity index (χ0) is 22.8. The van der Waals surface area contributed by atoms with E-state index in [2.05, 4.69) is 55.6 Å². The highest BCUT2D eigenvalue weighted by atomic mass is 79.9. The molecule has 0 aliphatic carbocycles. The summed E-state index contributed by atoms with van der Waals surface area (Å²) in [4.78, 5) is 15.7. The van der Waals surface area contributed by atoms with Gasteiger partial charge in [-0.05, 0) is 56.9 Å². The first-order chi connectivity index (χ1) is 16.1. The van der Waals surface area contributed by atoms with E-state index in [1.165, 1.54) is 0 Å². The van der Waals surface area contributed by atoms with Crippen molar-refractivity contribution in [3.05, 3.63) is 129 Å². The maximum absolute atomic E-state index is 12.8. The Morgan fingerprint density at radius 1 is 0.848 bits per heavy atom. The lowest BCUT2D eigenvalue weighted by Crippen LogP contribution is -2.39. The average Bonchev–Trinajstić information content (AvgIpc) is 3.25. The van der Waals surface area contributed by atoms with Gasteiger partial charge in [0.15, 0.2) is 0 Å². The van der Waals surface area contributed by atoms with E-state index >= 15 is 0 Å². The minimum absolute atomic E-state index is 0.233. The molecular formula is C26H21BrN4O2. The van der Waals surface area contributed by atoms with Crippen molar-refractivity contribution in [2.75, 3.05) is 12.4 Å². The number of aromatic nitrogens is 3. The van der Waals surface area contributed by atoms with Crippen LogP contribution >= 0.6 is 15.9 Å². The first kappa shape index (κ1) is 21.0. The van der Waals surface area contributed by atoms with Crippen molar-refractivity contribution in [1.82, 2.24) is 14.6 Å². The van der Waals surface area contributed by atoms with E-state index in [9.17, 15) is 4.79 Å². The van der Waals surface area contributed by atoms with Gasteiger partial charge in [-0.2, -0.15) is 0 Å². The van der Waals surface area contributed by atoms with E-state index in [0.717, 1.165) is 22.4 Å². The van der Waals surface area contributed by atoms with Gasteiger partial charge in [-0.3, -0.25) is 9.78 Å². The molecule has 2 heterocycles. The molecule has 6 nitrogen and oxygen atoms in total. The number of H-pyrrole nitrogens is 1. The molecule has 2 N–H and O–H groups in total. The number of nitrogens with zero attached hydrogens (tertiary/aromatic N) is 2. The number of anilines is 1. The molecule has 5 aromatic rings. The molecular weight excluding hydrogens is 480 g/mol. The largest absolute Gasteiger partial charge is 0.497 e. The molecule has 0 radical (unpaired) electrons. The number of nitrogens with one attached hydrogen (secondary N) is 2. The third kappa shape index (κ3) is 3.70. The Labute approximate surface area is 199 Å². The summed E-state index contributed by atoms with van der Waals surface area (Å²) in [6, 6.07) is 31.6. The molecule has 0 saturated carbocycles. The van der Waals surface area contributed by atoms with Gasteiger partial charge in [0.25, 0.3) is 5.56 Å². The lowest BCUT2D eigenvalue weighted by molar-refractivity contribution is 0.414. The smallest absolute Gasteiger partial charge is 0.276 e. The lowest BCUT2D eigenvalue weighted by atomic mass is 9.77. The molecule has 0 atom stereocenters. The topological polar surface area (TPSA) is 71.4 Å². The molecule has 164 valence electrons. The van der Waals surface area contributed by atoms with E-state index < -0.39 is 5.54 Å². The van der Waals surface area contributed by atoms with Crippen molar-refractivity contribution in [2.45, 2.75) is 5.54 Å². The lowest BCUT2D eigenvalue weighted by Gasteiger charge is -2.37. The number of hydrogen-bond donors (Lipinski definition) is 2. The van der Waals surface area contributed by atoms with Gasteiger partial charge in [-0.15, -0.1) is 5.10 Å². The van der Waals surface area contributed by atoms with Gasteiger partial charge in [0.1, 0.15) is 21.4 Å². The molecule has 0 bridgehead atoms. The van der Waals surface area contributed by atoms with Crippen LogP contribution in [-0.4, -0.2) is 21.7 Å². The van der Waals surface area contributed by atoms with Crippen LogP contribution in [0.4, 0.5) is 5.95 Å². The average molecular weight is 501 g/mol. The summed E-state index contributed by atoms with van der Waals surface area (Å²) in [6.07, 6.45) is 0. The van der Waals surface area contributed by atoms with Crippen molar-refractivity contribution in [2.24, 2.45) is 0 Å². The monoisotopic (exact) mass is 500 g/mol. The zero-order valence-electron chi connectivity index (χ0n) is 17.8. The molecule has 33 heavy (non-hydrogen) atoms. The first-order valence-electron chi connectivity index (χ1n) is 10.4. The van der Waals surface area contributed by atoms with Crippen LogP contribution in [0.15, 0.2) is 106 Å². The molecule has 2 aromatic heterocycles. The summed E-state index contributed by atoms with van der Waals surface area (Å²) < 4.78 is 7.67. The number of rotatable bonds is 6. The summed E-state index contributed by atoms with van der Waals surface area (Å²) in [5, 5.41) is 8.25. The van der Waals surface area contributed by atoms with Gasteiger partial charge in [-0.25, -0.2) is 4.52 Å². The van der Waals surface area contributed by atoms with Crippen LogP contribution < -0.4 is 15.6 Å². The van der Waals surface area contributed by atoms with Crippen LogP contribution in [-0.2, 0) is 5.54 Å². The van der Waals surface area contributed by atoms with Gasteiger partial charge in [0, 0.05) is 0 Å². The predicted octanol–water partition coefficient (Wildman–Crippen LogP) is 5.20. The van der Waals surface area contributed by atoms with Crippen molar-refractivity contribution < 1.29 is 4.74 Å².